The predicted molar refractivity (Wildman–Crippen MR) is 99.4 cm³/mol. The molecule has 7 nitrogen and oxygen atoms in total. The molecular weight excluding hydrogens is 354 g/mol. The highest BCUT2D eigenvalue weighted by atomic mass is 32.2. The third-order valence-electron chi connectivity index (χ3n) is 4.38. The molecule has 0 radical (unpaired) electrons. The second-order valence-corrected chi connectivity index (χ2v) is 7.03. The van der Waals surface area contributed by atoms with E-state index in [1.54, 1.807) is 18.9 Å². The summed E-state index contributed by atoms with van der Waals surface area (Å²) in [5, 5.41) is 0.672. The van der Waals surface area contributed by atoms with Crippen LogP contribution >= 0.6 is 11.8 Å². The van der Waals surface area contributed by atoms with Crippen LogP contribution in [0, 0.1) is 0 Å². The number of aromatic amines is 1. The number of rotatable bonds is 6. The number of methoxy groups -OCH3 is 1. The zero-order chi connectivity index (χ0) is 18.5. The quantitative estimate of drug-likeness (QED) is 0.615. The Morgan fingerprint density at radius 1 is 1.38 bits per heavy atom. The number of likely N-dealkylation sites (tertiary alicyclic amines) is 1. The van der Waals surface area contributed by atoms with Crippen LogP contribution in [0.15, 0.2) is 23.4 Å². The number of aromatic nitrogens is 2. The zero-order valence-corrected chi connectivity index (χ0v) is 15.8. The van der Waals surface area contributed by atoms with Crippen molar-refractivity contribution in [3.63, 3.8) is 0 Å². The van der Waals surface area contributed by atoms with Gasteiger partial charge in [-0.15, -0.1) is 0 Å². The van der Waals surface area contributed by atoms with E-state index in [9.17, 15) is 9.59 Å². The number of esters is 1. The maximum Gasteiger partial charge on any atom is 0.328 e. The van der Waals surface area contributed by atoms with E-state index >= 15 is 0 Å². The smallest absolute Gasteiger partial charge is 0.328 e. The number of hydrogen-bond donors (Lipinski definition) is 1. The molecule has 2 heterocycles. The van der Waals surface area contributed by atoms with Crippen molar-refractivity contribution in [2.75, 3.05) is 26.0 Å². The van der Waals surface area contributed by atoms with Gasteiger partial charge in [0.25, 0.3) is 0 Å². The number of nitrogens with zero attached hydrogens (tertiary/aromatic N) is 2. The highest BCUT2D eigenvalue weighted by molar-refractivity contribution is 7.99. The molecule has 0 unspecified atom stereocenters. The number of fused-ring (bicyclic) bond motifs is 1. The van der Waals surface area contributed by atoms with Crippen LogP contribution in [0.3, 0.4) is 0 Å². The van der Waals surface area contributed by atoms with Crippen LogP contribution in [-0.2, 0) is 14.3 Å². The van der Waals surface area contributed by atoms with Crippen LogP contribution in [0.5, 0.6) is 5.75 Å². The van der Waals surface area contributed by atoms with Gasteiger partial charge in [0.2, 0.25) is 5.91 Å². The maximum atomic E-state index is 12.6. The number of benzene rings is 1. The van der Waals surface area contributed by atoms with Crippen molar-refractivity contribution in [3.8, 4) is 5.75 Å². The largest absolute Gasteiger partial charge is 0.497 e. The van der Waals surface area contributed by atoms with Crippen molar-refractivity contribution in [2.24, 2.45) is 0 Å². The van der Waals surface area contributed by atoms with Gasteiger partial charge < -0.3 is 19.4 Å². The Morgan fingerprint density at radius 3 is 3.00 bits per heavy atom. The molecule has 26 heavy (non-hydrogen) atoms. The number of imidazole rings is 1. The highest BCUT2D eigenvalue weighted by Gasteiger charge is 2.33. The lowest BCUT2D eigenvalue weighted by Crippen LogP contribution is -2.49. The molecule has 0 aliphatic carbocycles. The summed E-state index contributed by atoms with van der Waals surface area (Å²) >= 11 is 1.34. The summed E-state index contributed by atoms with van der Waals surface area (Å²) in [5.74, 6) is 0.610. The van der Waals surface area contributed by atoms with Crippen molar-refractivity contribution >= 4 is 34.7 Å². The molecule has 1 aliphatic rings. The molecule has 0 spiro atoms. The van der Waals surface area contributed by atoms with E-state index in [1.165, 1.54) is 11.8 Å². The first kappa shape index (κ1) is 18.6. The lowest BCUT2D eigenvalue weighted by molar-refractivity contribution is -0.155. The summed E-state index contributed by atoms with van der Waals surface area (Å²) in [4.78, 5) is 34.1. The molecule has 0 bridgehead atoms. The maximum absolute atomic E-state index is 12.6. The highest BCUT2D eigenvalue weighted by Crippen LogP contribution is 2.25. The molecule has 1 atom stereocenters. The molecule has 1 amide bonds. The molecule has 2 aromatic rings. The van der Waals surface area contributed by atoms with E-state index in [1.807, 2.05) is 18.2 Å². The molecule has 0 saturated carbocycles. The lowest BCUT2D eigenvalue weighted by Gasteiger charge is -2.33. The fourth-order valence-corrected chi connectivity index (χ4v) is 3.86. The molecule has 1 aliphatic heterocycles. The number of ether oxygens (including phenoxy) is 2. The summed E-state index contributed by atoms with van der Waals surface area (Å²) in [6.07, 6.45) is 2.52. The molecule has 1 saturated heterocycles. The van der Waals surface area contributed by atoms with Gasteiger partial charge in [-0.3, -0.25) is 4.79 Å². The molecule has 1 aromatic heterocycles. The Labute approximate surface area is 156 Å². The number of piperidine rings is 1. The van der Waals surface area contributed by atoms with Crippen molar-refractivity contribution in [2.45, 2.75) is 37.4 Å². The monoisotopic (exact) mass is 377 g/mol. The topological polar surface area (TPSA) is 84.5 Å². The van der Waals surface area contributed by atoms with Crippen molar-refractivity contribution in [1.29, 1.82) is 0 Å². The number of nitrogens with one attached hydrogen (secondary N) is 1. The normalized spacial score (nSPS) is 17.3. The first-order chi connectivity index (χ1) is 12.6. The number of thioether (sulfide) groups is 1. The number of hydrogen-bond acceptors (Lipinski definition) is 6. The fraction of sp³-hybridized carbons (Fsp3) is 0.500. The molecule has 8 heteroatoms. The van der Waals surface area contributed by atoms with Crippen LogP contribution in [0.25, 0.3) is 11.0 Å². The van der Waals surface area contributed by atoms with Crippen LogP contribution in [0.1, 0.15) is 26.2 Å². The summed E-state index contributed by atoms with van der Waals surface area (Å²) < 4.78 is 10.3. The molecule has 1 aromatic carbocycles. The third-order valence-corrected chi connectivity index (χ3v) is 5.24. The van der Waals surface area contributed by atoms with E-state index in [2.05, 4.69) is 9.97 Å². The average molecular weight is 377 g/mol. The van der Waals surface area contributed by atoms with Crippen LogP contribution < -0.4 is 4.74 Å². The van der Waals surface area contributed by atoms with Crippen molar-refractivity contribution in [1.82, 2.24) is 14.9 Å². The van der Waals surface area contributed by atoms with E-state index in [0.717, 1.165) is 29.6 Å². The molecule has 1 fully saturated rings. The number of carbonyl (C=O) groups excluding carboxylic acids is 2. The number of H-pyrrole nitrogens is 1. The Kier molecular flexibility index (Phi) is 6.03. The molecule has 1 N–H and O–H groups in total. The summed E-state index contributed by atoms with van der Waals surface area (Å²) in [7, 11) is 1.62. The minimum Gasteiger partial charge on any atom is -0.497 e. The SMILES string of the molecule is CCOC(=O)[C@H]1CCCCN1C(=O)CSc1nc2ccc(OC)cc2[nH]1. The lowest BCUT2D eigenvalue weighted by atomic mass is 10.0. The van der Waals surface area contributed by atoms with Crippen LogP contribution in [-0.4, -0.2) is 58.8 Å². The molecule has 140 valence electrons. The van der Waals surface area contributed by atoms with Gasteiger partial charge in [-0.25, -0.2) is 9.78 Å². The van der Waals surface area contributed by atoms with Gasteiger partial charge in [0.1, 0.15) is 11.8 Å². The Bertz CT molecular complexity index is 792. The van der Waals surface area contributed by atoms with Gasteiger partial charge in [0, 0.05) is 12.6 Å². The Morgan fingerprint density at radius 2 is 2.23 bits per heavy atom. The van der Waals surface area contributed by atoms with E-state index in [0.29, 0.717) is 24.7 Å². The molecule has 3 rings (SSSR count). The van der Waals surface area contributed by atoms with Gasteiger partial charge in [0.05, 0.1) is 30.5 Å². The molecular formula is C18H23N3O4S. The Balaban J connectivity index is 1.64. The first-order valence-electron chi connectivity index (χ1n) is 8.75. The van der Waals surface area contributed by atoms with Gasteiger partial charge >= 0.3 is 5.97 Å². The minimum atomic E-state index is -0.461. The van der Waals surface area contributed by atoms with E-state index in [4.69, 9.17) is 9.47 Å². The van der Waals surface area contributed by atoms with Gasteiger partial charge in [0.15, 0.2) is 5.16 Å². The third kappa shape index (κ3) is 4.12. The fourth-order valence-electron chi connectivity index (χ4n) is 3.09. The predicted octanol–water partition coefficient (Wildman–Crippen LogP) is 2.61. The number of carbonyl (C=O) groups is 2. The Hall–Kier alpha value is -2.22. The van der Waals surface area contributed by atoms with Crippen LogP contribution in [0.2, 0.25) is 0 Å². The van der Waals surface area contributed by atoms with Gasteiger partial charge in [-0.1, -0.05) is 11.8 Å². The first-order valence-corrected chi connectivity index (χ1v) is 9.73. The average Bonchev–Trinajstić information content (AvgIpc) is 3.08. The summed E-state index contributed by atoms with van der Waals surface area (Å²) in [6.45, 7) is 2.70. The summed E-state index contributed by atoms with van der Waals surface area (Å²) in [5.41, 5.74) is 1.68. The van der Waals surface area contributed by atoms with Gasteiger partial charge in [-0.05, 0) is 38.3 Å². The van der Waals surface area contributed by atoms with Crippen molar-refractivity contribution in [3.05, 3.63) is 18.2 Å². The van der Waals surface area contributed by atoms with Crippen LogP contribution in [0.4, 0.5) is 0 Å². The second-order valence-electron chi connectivity index (χ2n) is 6.06. The minimum absolute atomic E-state index is 0.0641. The second kappa shape index (κ2) is 8.44. The number of amides is 1. The standard InChI is InChI=1S/C18H23N3O4S/c1-3-25-17(23)15-6-4-5-9-21(15)16(22)11-26-18-19-13-8-7-12(24-2)10-14(13)20-18/h7-8,10,15H,3-6,9,11H2,1-2H3,(H,19,20)/t15-/m1/s1. The zero-order valence-electron chi connectivity index (χ0n) is 15.0. The van der Waals surface area contributed by atoms with Crippen molar-refractivity contribution < 1.29 is 19.1 Å². The van der Waals surface area contributed by atoms with Gasteiger partial charge in [-0.2, -0.15) is 0 Å². The summed E-state index contributed by atoms with van der Waals surface area (Å²) in [6, 6.07) is 5.13. The van der Waals surface area contributed by atoms with E-state index < -0.39 is 6.04 Å². The van der Waals surface area contributed by atoms with E-state index in [-0.39, 0.29) is 17.6 Å².